The second-order valence-electron chi connectivity index (χ2n) is 4.36. The van der Waals surface area contributed by atoms with Gasteiger partial charge in [0.2, 0.25) is 0 Å². The van der Waals surface area contributed by atoms with Gasteiger partial charge in [-0.2, -0.15) is 4.99 Å². The van der Waals surface area contributed by atoms with Crippen LogP contribution in [0.5, 0.6) is 0 Å². The molecular weight excluding hydrogens is 427 g/mol. The molecule has 8 heteroatoms. The summed E-state index contributed by atoms with van der Waals surface area (Å²) in [5, 5.41) is 1.21. The second kappa shape index (κ2) is 6.45. The number of aromatic nitrogens is 1. The van der Waals surface area contributed by atoms with E-state index in [9.17, 15) is 4.79 Å². The van der Waals surface area contributed by atoms with Crippen molar-refractivity contribution in [3.8, 4) is 0 Å². The molecule has 2 aromatic heterocycles. The Morgan fingerprint density at radius 3 is 2.59 bits per heavy atom. The number of carbonyl (C=O) groups is 1. The van der Waals surface area contributed by atoms with Crippen molar-refractivity contribution in [3.63, 3.8) is 0 Å². The molecular formula is C14H9BrCl2N2OS2. The molecule has 3 rings (SSSR count). The van der Waals surface area contributed by atoms with Gasteiger partial charge in [-0.1, -0.05) is 34.5 Å². The van der Waals surface area contributed by atoms with Crippen LogP contribution in [0.3, 0.4) is 0 Å². The molecule has 0 radical (unpaired) electrons. The number of thiazole rings is 1. The molecule has 0 saturated carbocycles. The first kappa shape index (κ1) is 16.2. The lowest BCUT2D eigenvalue weighted by Gasteiger charge is -2.02. The minimum atomic E-state index is -0.267. The number of hydrogen-bond acceptors (Lipinski definition) is 3. The van der Waals surface area contributed by atoms with Crippen molar-refractivity contribution in [2.75, 3.05) is 0 Å². The maximum absolute atomic E-state index is 12.3. The number of thiophene rings is 1. The van der Waals surface area contributed by atoms with Crippen molar-refractivity contribution in [1.82, 2.24) is 4.57 Å². The summed E-state index contributed by atoms with van der Waals surface area (Å²) in [6.45, 7) is 2.63. The van der Waals surface area contributed by atoms with E-state index in [-0.39, 0.29) is 5.91 Å². The Balaban J connectivity index is 2.22. The first-order valence-electron chi connectivity index (χ1n) is 6.33. The maximum atomic E-state index is 12.3. The number of carbonyl (C=O) groups excluding carboxylic acids is 1. The second-order valence-corrected chi connectivity index (χ2v) is 8.61. The van der Waals surface area contributed by atoms with Gasteiger partial charge < -0.3 is 4.57 Å². The molecule has 114 valence electrons. The highest BCUT2D eigenvalue weighted by Crippen LogP contribution is 2.32. The van der Waals surface area contributed by atoms with Crippen LogP contribution in [0.2, 0.25) is 10.0 Å². The third-order valence-corrected chi connectivity index (χ3v) is 6.48. The zero-order chi connectivity index (χ0) is 15.9. The summed E-state index contributed by atoms with van der Waals surface area (Å²) in [5.41, 5.74) is 0.820. The van der Waals surface area contributed by atoms with Crippen LogP contribution >= 0.6 is 61.8 Å². The molecule has 0 atom stereocenters. The molecule has 1 amide bonds. The van der Waals surface area contributed by atoms with Gasteiger partial charge in [0, 0.05) is 6.54 Å². The van der Waals surface area contributed by atoms with Crippen molar-refractivity contribution in [2.24, 2.45) is 4.99 Å². The van der Waals surface area contributed by atoms with Crippen LogP contribution in [0.4, 0.5) is 0 Å². The zero-order valence-corrected chi connectivity index (χ0v) is 16.0. The number of halogens is 3. The molecule has 0 aliphatic rings. The standard InChI is InChI=1S/C14H9BrCl2N2OS2/c1-2-19-11-7(16)3-4-8(17)12(11)22-14(19)18-13(20)9-5-6-10(15)21-9/h3-6H,2H2,1H3. The molecule has 3 nitrogen and oxygen atoms in total. The van der Waals surface area contributed by atoms with Gasteiger partial charge in [-0.05, 0) is 47.1 Å². The predicted octanol–water partition coefficient (Wildman–Crippen LogP) is 5.59. The molecule has 0 unspecified atom stereocenters. The van der Waals surface area contributed by atoms with Crippen LogP contribution in [0.1, 0.15) is 16.6 Å². The van der Waals surface area contributed by atoms with Gasteiger partial charge in [-0.15, -0.1) is 11.3 Å². The normalized spacial score (nSPS) is 12.3. The number of fused-ring (bicyclic) bond motifs is 1. The van der Waals surface area contributed by atoms with E-state index < -0.39 is 0 Å². The Labute approximate surface area is 153 Å². The Morgan fingerprint density at radius 1 is 1.23 bits per heavy atom. The van der Waals surface area contributed by atoms with Gasteiger partial charge in [0.1, 0.15) is 0 Å². The quantitative estimate of drug-likeness (QED) is 0.516. The fourth-order valence-electron chi connectivity index (χ4n) is 2.06. The average molecular weight is 436 g/mol. The highest BCUT2D eigenvalue weighted by Gasteiger charge is 2.14. The minimum Gasteiger partial charge on any atom is -0.315 e. The summed E-state index contributed by atoms with van der Waals surface area (Å²) in [7, 11) is 0. The monoisotopic (exact) mass is 434 g/mol. The molecule has 0 aliphatic carbocycles. The SMILES string of the molecule is CCn1c(=NC(=O)c2ccc(Br)s2)sc2c(Cl)ccc(Cl)c21. The van der Waals surface area contributed by atoms with Gasteiger partial charge >= 0.3 is 0 Å². The molecule has 0 bridgehead atoms. The van der Waals surface area contributed by atoms with Gasteiger partial charge in [-0.3, -0.25) is 4.79 Å². The molecule has 0 saturated heterocycles. The first-order chi connectivity index (χ1) is 10.5. The van der Waals surface area contributed by atoms with E-state index in [1.807, 2.05) is 17.6 Å². The lowest BCUT2D eigenvalue weighted by molar-refractivity contribution is 0.100. The molecule has 2 heterocycles. The van der Waals surface area contributed by atoms with Crippen LogP contribution < -0.4 is 4.80 Å². The highest BCUT2D eigenvalue weighted by molar-refractivity contribution is 9.11. The van der Waals surface area contributed by atoms with Gasteiger partial charge in [-0.25, -0.2) is 0 Å². The van der Waals surface area contributed by atoms with Crippen molar-refractivity contribution >= 4 is 77.9 Å². The van der Waals surface area contributed by atoms with Crippen molar-refractivity contribution in [2.45, 2.75) is 13.5 Å². The highest BCUT2D eigenvalue weighted by atomic mass is 79.9. The Morgan fingerprint density at radius 2 is 1.95 bits per heavy atom. The largest absolute Gasteiger partial charge is 0.315 e. The molecule has 1 aromatic carbocycles. The third-order valence-electron chi connectivity index (χ3n) is 3.03. The molecule has 22 heavy (non-hydrogen) atoms. The molecule has 0 N–H and O–H groups in total. The molecule has 0 spiro atoms. The van der Waals surface area contributed by atoms with Gasteiger partial charge in [0.05, 0.1) is 28.9 Å². The number of hydrogen-bond donors (Lipinski definition) is 0. The van der Waals surface area contributed by atoms with E-state index in [0.29, 0.717) is 26.3 Å². The van der Waals surface area contributed by atoms with Crippen molar-refractivity contribution in [3.05, 3.63) is 47.8 Å². The van der Waals surface area contributed by atoms with E-state index in [1.165, 1.54) is 22.7 Å². The number of benzene rings is 1. The lowest BCUT2D eigenvalue weighted by atomic mass is 10.3. The molecule has 0 aliphatic heterocycles. The average Bonchev–Trinajstić information content (AvgIpc) is 3.07. The summed E-state index contributed by atoms with van der Waals surface area (Å²) in [6, 6.07) is 7.10. The van der Waals surface area contributed by atoms with Crippen molar-refractivity contribution < 1.29 is 4.79 Å². The van der Waals surface area contributed by atoms with E-state index in [2.05, 4.69) is 20.9 Å². The van der Waals surface area contributed by atoms with Gasteiger partial charge in [0.15, 0.2) is 4.80 Å². The maximum Gasteiger partial charge on any atom is 0.289 e. The van der Waals surface area contributed by atoms with E-state index >= 15 is 0 Å². The number of amides is 1. The van der Waals surface area contributed by atoms with Crippen LogP contribution in [0, 0.1) is 0 Å². The lowest BCUT2D eigenvalue weighted by Crippen LogP contribution is -2.15. The van der Waals surface area contributed by atoms with E-state index in [0.717, 1.165) is 14.0 Å². The van der Waals surface area contributed by atoms with Crippen LogP contribution in [0.15, 0.2) is 33.0 Å². The topological polar surface area (TPSA) is 34.4 Å². The number of aryl methyl sites for hydroxylation is 1. The molecule has 3 aromatic rings. The van der Waals surface area contributed by atoms with Crippen molar-refractivity contribution in [1.29, 1.82) is 0 Å². The Hall–Kier alpha value is -0.660. The van der Waals surface area contributed by atoms with Crippen LogP contribution in [-0.2, 0) is 6.54 Å². The summed E-state index contributed by atoms with van der Waals surface area (Å²) >= 11 is 18.6. The van der Waals surface area contributed by atoms with Crippen LogP contribution in [-0.4, -0.2) is 10.5 Å². The number of rotatable bonds is 2. The summed E-state index contributed by atoms with van der Waals surface area (Å²) in [6.07, 6.45) is 0. The Kier molecular flexibility index (Phi) is 4.75. The number of nitrogens with zero attached hydrogens (tertiary/aromatic N) is 2. The minimum absolute atomic E-state index is 0.267. The van der Waals surface area contributed by atoms with Gasteiger partial charge in [0.25, 0.3) is 5.91 Å². The first-order valence-corrected chi connectivity index (χ1v) is 9.51. The van der Waals surface area contributed by atoms with Crippen LogP contribution in [0.25, 0.3) is 10.2 Å². The predicted molar refractivity (Wildman–Crippen MR) is 97.4 cm³/mol. The summed E-state index contributed by atoms with van der Waals surface area (Å²) in [4.78, 5) is 17.7. The zero-order valence-electron chi connectivity index (χ0n) is 11.3. The smallest absolute Gasteiger partial charge is 0.289 e. The summed E-state index contributed by atoms with van der Waals surface area (Å²) in [5.74, 6) is -0.267. The van der Waals surface area contributed by atoms with E-state index in [4.69, 9.17) is 23.2 Å². The fourth-order valence-corrected chi connectivity index (χ4v) is 5.04. The Bertz CT molecular complexity index is 942. The van der Waals surface area contributed by atoms with E-state index in [1.54, 1.807) is 18.2 Å². The molecule has 0 fully saturated rings. The third kappa shape index (κ3) is 2.90. The fraction of sp³-hybridized carbons (Fsp3) is 0.143. The summed E-state index contributed by atoms with van der Waals surface area (Å²) < 4.78 is 3.65.